The van der Waals surface area contributed by atoms with Crippen LogP contribution in [0, 0.1) is 11.3 Å². The molecule has 0 saturated carbocycles. The highest BCUT2D eigenvalue weighted by molar-refractivity contribution is 8.23. The number of hydrogen-bond donors (Lipinski definition) is 11. The number of nitrogens with one attached hydrogen (secondary N) is 4. The predicted octanol–water partition coefficient (Wildman–Crippen LogP) is -1.27. The number of thiocarbonyl (C=S) groups is 1. The zero-order valence-electron chi connectivity index (χ0n) is 41.7. The lowest BCUT2D eigenvalue weighted by Crippen LogP contribution is -2.70. The first-order chi connectivity index (χ1) is 34.3. The van der Waals surface area contributed by atoms with E-state index in [1.807, 2.05) is 0 Å². The van der Waals surface area contributed by atoms with Crippen molar-refractivity contribution in [2.24, 2.45) is 5.92 Å². The number of amides is 2. The molecular weight excluding hydrogens is 1050 g/mol. The van der Waals surface area contributed by atoms with Crippen molar-refractivity contribution in [2.45, 2.75) is 164 Å². The van der Waals surface area contributed by atoms with Gasteiger partial charge >= 0.3 is 35.8 Å². The van der Waals surface area contributed by atoms with E-state index >= 15 is 0 Å². The molecule has 11 N–H and O–H groups in total. The van der Waals surface area contributed by atoms with E-state index in [1.165, 1.54) is 27.9 Å². The summed E-state index contributed by atoms with van der Waals surface area (Å²) in [4.78, 5) is 113. The third-order valence-corrected chi connectivity index (χ3v) is 15.1. The Morgan fingerprint density at radius 1 is 0.905 bits per heavy atom. The van der Waals surface area contributed by atoms with Crippen LogP contribution in [-0.4, -0.2) is 214 Å². The van der Waals surface area contributed by atoms with Crippen LogP contribution in [0.15, 0.2) is 11.3 Å². The van der Waals surface area contributed by atoms with Gasteiger partial charge in [-0.15, -0.1) is 0 Å². The van der Waals surface area contributed by atoms with Gasteiger partial charge < -0.3 is 84.9 Å². The summed E-state index contributed by atoms with van der Waals surface area (Å²) in [5.74, 6) is -13.4. The van der Waals surface area contributed by atoms with Crippen molar-refractivity contribution in [1.82, 2.24) is 16.0 Å². The highest BCUT2D eigenvalue weighted by Gasteiger charge is 2.62. The molecule has 3 rings (SSSR count). The molecule has 0 aromatic rings. The van der Waals surface area contributed by atoms with Crippen molar-refractivity contribution in [3.8, 4) is 0 Å². The average Bonchev–Trinajstić information content (AvgIpc) is 3.30. The Kier molecular flexibility index (Phi) is 23.2. The maximum Gasteiger partial charge on any atom is 0.341 e. The minimum Gasteiger partial charge on any atom is -0.508 e. The van der Waals surface area contributed by atoms with E-state index in [9.17, 15) is 78.9 Å². The molecule has 0 aromatic heterocycles. The first-order valence-electron chi connectivity index (χ1n) is 22.9. The number of rotatable bonds is 24. The van der Waals surface area contributed by atoms with Gasteiger partial charge in [-0.1, -0.05) is 44.8 Å². The molecule has 416 valence electrons. The van der Waals surface area contributed by atoms with E-state index in [0.717, 1.165) is 32.5 Å². The topological polar surface area (TPSA) is 420 Å². The zero-order valence-corrected chi connectivity index (χ0v) is 44.2. The fraction of sp³-hybridized carbons (Fsp3) is 0.705. The third-order valence-electron chi connectivity index (χ3n) is 12.4. The monoisotopic (exact) mass is 1110 g/mol. The van der Waals surface area contributed by atoms with Gasteiger partial charge in [-0.2, -0.15) is 11.8 Å². The minimum atomic E-state index is -3.19. The van der Waals surface area contributed by atoms with Gasteiger partial charge in [-0.25, -0.2) is 19.2 Å². The largest absolute Gasteiger partial charge is 0.508 e. The number of aliphatic hydroxyl groups excluding tert-OH is 2. The van der Waals surface area contributed by atoms with Crippen molar-refractivity contribution >= 4 is 99.2 Å². The molecule has 3 aliphatic rings. The molecule has 0 radical (unpaired) electrons. The van der Waals surface area contributed by atoms with Crippen molar-refractivity contribution in [2.75, 3.05) is 25.2 Å². The maximum absolute atomic E-state index is 14.8. The van der Waals surface area contributed by atoms with Crippen LogP contribution in [0.25, 0.3) is 0 Å². The molecule has 1 aliphatic carbocycles. The van der Waals surface area contributed by atoms with E-state index in [4.69, 9.17) is 50.8 Å². The SMILES string of the molecule is CC[C@H](C)C(=O)O[C@@H](C)[C@@]1(O)[C@H](C)O[C@@H](O[C@@H]2[C@H](OC(=O)C(NC(=S)SC[C@H](NC(C)=O)C(=O)O)C(C)SC[C@H](NC(C)=O)C(=O)O)[C@@H](COC(C)=O)OC([C@@]3(O)CC(=O)C(=N)C(C(=O)O)=C3O)[C@@H]2O)C[C@@H]1OC. The second-order valence-corrected chi connectivity index (χ2v) is 20.8. The van der Waals surface area contributed by atoms with Gasteiger partial charge in [0.15, 0.2) is 29.4 Å². The van der Waals surface area contributed by atoms with E-state index in [1.54, 1.807) is 13.8 Å². The van der Waals surface area contributed by atoms with Crippen molar-refractivity contribution in [3.63, 3.8) is 0 Å². The van der Waals surface area contributed by atoms with Crippen LogP contribution in [0.3, 0.4) is 0 Å². The zero-order chi connectivity index (χ0) is 56.3. The van der Waals surface area contributed by atoms with Crippen LogP contribution in [0.4, 0.5) is 0 Å². The summed E-state index contributed by atoms with van der Waals surface area (Å²) in [5.41, 5.74) is -7.85. The Bertz CT molecular complexity index is 2200. The molecule has 0 spiro atoms. The second kappa shape index (κ2) is 27.1. The Balaban J connectivity index is 2.23. The van der Waals surface area contributed by atoms with Crippen molar-refractivity contribution in [3.05, 3.63) is 11.3 Å². The summed E-state index contributed by atoms with van der Waals surface area (Å²) in [6, 6.07) is -4.65. The predicted molar refractivity (Wildman–Crippen MR) is 260 cm³/mol. The van der Waals surface area contributed by atoms with Gasteiger partial charge in [0.1, 0.15) is 76.6 Å². The normalized spacial score (nSPS) is 29.5. The van der Waals surface area contributed by atoms with Crippen molar-refractivity contribution in [1.29, 1.82) is 5.41 Å². The highest BCUT2D eigenvalue weighted by Crippen LogP contribution is 2.43. The summed E-state index contributed by atoms with van der Waals surface area (Å²) in [6.45, 7) is 9.72. The number of carbonyl (C=O) groups excluding carboxylic acids is 6. The number of carboxylic acid groups (broad SMARTS) is 3. The summed E-state index contributed by atoms with van der Waals surface area (Å²) in [5, 5.41) is 91.3. The molecule has 0 bridgehead atoms. The van der Waals surface area contributed by atoms with Crippen LogP contribution in [-0.2, 0) is 76.3 Å². The number of Topliss-reactive ketones (excluding diaryl/α,β-unsaturated/α-hetero) is 1. The van der Waals surface area contributed by atoms with E-state index in [-0.39, 0.29) is 15.8 Å². The molecule has 2 saturated heterocycles. The molecule has 2 aliphatic heterocycles. The smallest absolute Gasteiger partial charge is 0.341 e. The molecule has 2 heterocycles. The summed E-state index contributed by atoms with van der Waals surface area (Å²) in [7, 11) is 1.21. The van der Waals surface area contributed by atoms with Gasteiger partial charge in [0, 0.05) is 51.1 Å². The Morgan fingerprint density at radius 3 is 2.00 bits per heavy atom. The number of hydrogen-bond acceptors (Lipinski definition) is 24. The first kappa shape index (κ1) is 63.2. The second-order valence-electron chi connectivity index (χ2n) is 17.7. The molecule has 30 heteroatoms. The maximum atomic E-state index is 14.8. The average molecular weight is 1110 g/mol. The molecule has 74 heavy (non-hydrogen) atoms. The Hall–Kier alpha value is -5.05. The number of carboxylic acids is 3. The molecule has 2 amide bonds. The third kappa shape index (κ3) is 15.5. The van der Waals surface area contributed by atoms with Crippen LogP contribution in [0.1, 0.15) is 74.7 Å². The number of aliphatic hydroxyl groups is 4. The molecular formula is C44H64N4O23S3. The highest BCUT2D eigenvalue weighted by atomic mass is 32.2. The van der Waals surface area contributed by atoms with Gasteiger partial charge in [-0.05, 0) is 20.3 Å². The van der Waals surface area contributed by atoms with E-state index in [0.29, 0.717) is 18.2 Å². The van der Waals surface area contributed by atoms with Crippen LogP contribution < -0.4 is 16.0 Å². The standard InChI is InChI=1S/C44H64N4O23S3/c1-10-16(2)40(61)68-19(5)44(64)18(4)67-28(11-27(44)65-9)70-34-32(53)36(43(63)12-25(52)30(45)29(35(43)54)39(59)60)69-26(13-66-22(8)51)33(34)71-41(62)31(17(3)73-14-23(37(55)56)46-20(6)49)48-42(72)74-15-24(38(57)58)47-21(7)50/h16-19,23-24,26-28,31-34,36,45,53-54,63-64H,10-15H2,1-9H3,(H,46,49)(H,47,50)(H,48,72)(H,55,56)(H,57,58)(H,59,60)/t16-,17?,18-,19-,23-,24-,26+,27-,28-,31?,32+,33+,34-,36?,43+,44-/m0/s1. The van der Waals surface area contributed by atoms with Gasteiger partial charge in [0.2, 0.25) is 11.8 Å². The lowest BCUT2D eigenvalue weighted by atomic mass is 9.74. The lowest BCUT2D eigenvalue weighted by Gasteiger charge is -2.52. The van der Waals surface area contributed by atoms with E-state index < -0.39 is 186 Å². The number of carbonyl (C=O) groups is 9. The fourth-order valence-electron chi connectivity index (χ4n) is 8.09. The van der Waals surface area contributed by atoms with Gasteiger partial charge in [0.25, 0.3) is 0 Å². The minimum absolute atomic E-state index is 0.269. The number of thioether (sulfide) groups is 2. The summed E-state index contributed by atoms with van der Waals surface area (Å²) in [6.07, 6.45) is -17.7. The number of aliphatic carboxylic acids is 3. The fourth-order valence-corrected chi connectivity index (χ4v) is 10.3. The van der Waals surface area contributed by atoms with Crippen LogP contribution in [0.5, 0.6) is 0 Å². The molecule has 16 atom stereocenters. The van der Waals surface area contributed by atoms with Crippen molar-refractivity contribution < 1.29 is 112 Å². The summed E-state index contributed by atoms with van der Waals surface area (Å²) >= 11 is 6.91. The molecule has 2 fully saturated rings. The van der Waals surface area contributed by atoms with Crippen LogP contribution >= 0.6 is 35.7 Å². The van der Waals surface area contributed by atoms with Gasteiger partial charge in [0.05, 0.1) is 24.5 Å². The van der Waals surface area contributed by atoms with Crippen LogP contribution in [0.2, 0.25) is 0 Å². The molecule has 0 aromatic carbocycles. The molecule has 27 nitrogen and oxygen atoms in total. The van der Waals surface area contributed by atoms with Gasteiger partial charge in [-0.3, -0.25) is 29.4 Å². The Labute approximate surface area is 437 Å². The quantitative estimate of drug-likeness (QED) is 0.0305. The molecule has 3 unspecified atom stereocenters. The number of methoxy groups -OCH3 is 1. The summed E-state index contributed by atoms with van der Waals surface area (Å²) < 4.78 is 40.8. The lowest BCUT2D eigenvalue weighted by molar-refractivity contribution is -0.345. The number of esters is 3. The Morgan fingerprint density at radius 2 is 1.49 bits per heavy atom. The number of ketones is 1. The number of ether oxygens (including phenoxy) is 7. The first-order valence-corrected chi connectivity index (χ1v) is 25.3. The van der Waals surface area contributed by atoms with E-state index in [2.05, 4.69) is 16.0 Å².